The first-order chi connectivity index (χ1) is 8.76. The number of halogens is 1. The molecule has 0 amide bonds. The molecule has 90 valence electrons. The summed E-state index contributed by atoms with van der Waals surface area (Å²) in [6, 6.07) is 9.78. The molecule has 2 aromatic heterocycles. The highest BCUT2D eigenvalue weighted by atomic mass is 19.1. The molecule has 2 N–H and O–H groups in total. The highest BCUT2D eigenvalue weighted by molar-refractivity contribution is 5.73. The third-order valence-corrected chi connectivity index (χ3v) is 2.59. The second-order valence-corrected chi connectivity index (χ2v) is 3.84. The fourth-order valence-electron chi connectivity index (χ4n) is 1.76. The maximum atomic E-state index is 13.1. The Bertz CT molecular complexity index is 708. The molecule has 3 aromatic rings. The van der Waals surface area contributed by atoms with Gasteiger partial charge in [-0.15, -0.1) is 0 Å². The van der Waals surface area contributed by atoms with Crippen molar-refractivity contribution in [2.24, 2.45) is 5.73 Å². The Hall–Kier alpha value is -2.27. The summed E-state index contributed by atoms with van der Waals surface area (Å²) in [6.45, 7) is 0.228. The van der Waals surface area contributed by atoms with E-state index in [1.54, 1.807) is 24.3 Å². The van der Waals surface area contributed by atoms with E-state index >= 15 is 0 Å². The van der Waals surface area contributed by atoms with Crippen molar-refractivity contribution in [2.75, 3.05) is 0 Å². The Balaban J connectivity index is 2.12. The zero-order valence-electron chi connectivity index (χ0n) is 9.43. The number of hydrogen-bond acceptors (Lipinski definition) is 4. The number of hydrogen-bond donors (Lipinski definition) is 1. The zero-order chi connectivity index (χ0) is 12.5. The Morgan fingerprint density at radius 3 is 2.83 bits per heavy atom. The molecular formula is C13H10FN3O. The van der Waals surface area contributed by atoms with Gasteiger partial charge in [-0.3, -0.25) is 0 Å². The van der Waals surface area contributed by atoms with Gasteiger partial charge in [0.15, 0.2) is 11.2 Å². The number of fused-ring (bicyclic) bond motifs is 1. The van der Waals surface area contributed by atoms with Crippen molar-refractivity contribution in [2.45, 2.75) is 6.54 Å². The van der Waals surface area contributed by atoms with Crippen LogP contribution in [0.3, 0.4) is 0 Å². The molecule has 0 spiro atoms. The molecule has 5 heteroatoms. The SMILES string of the molecule is NCc1nc2nc(-c3cccc(F)c3)ccc2o1. The Labute approximate surface area is 102 Å². The van der Waals surface area contributed by atoms with Crippen LogP contribution in [0.2, 0.25) is 0 Å². The number of aromatic nitrogens is 2. The van der Waals surface area contributed by atoms with Crippen LogP contribution in [0.25, 0.3) is 22.5 Å². The molecule has 0 aliphatic heterocycles. The van der Waals surface area contributed by atoms with E-state index in [0.29, 0.717) is 28.4 Å². The van der Waals surface area contributed by atoms with Gasteiger partial charge in [0.05, 0.1) is 12.2 Å². The zero-order valence-corrected chi connectivity index (χ0v) is 9.43. The lowest BCUT2D eigenvalue weighted by atomic mass is 10.1. The minimum absolute atomic E-state index is 0.228. The van der Waals surface area contributed by atoms with Crippen LogP contribution in [0.15, 0.2) is 40.8 Å². The topological polar surface area (TPSA) is 64.9 Å². The average Bonchev–Trinajstić information content (AvgIpc) is 2.80. The summed E-state index contributed by atoms with van der Waals surface area (Å²) in [5.41, 5.74) is 7.87. The summed E-state index contributed by atoms with van der Waals surface area (Å²) >= 11 is 0. The van der Waals surface area contributed by atoms with Gasteiger partial charge in [-0.2, -0.15) is 4.98 Å². The second kappa shape index (κ2) is 4.19. The third-order valence-electron chi connectivity index (χ3n) is 2.59. The second-order valence-electron chi connectivity index (χ2n) is 3.84. The van der Waals surface area contributed by atoms with Crippen LogP contribution in [0.5, 0.6) is 0 Å². The van der Waals surface area contributed by atoms with Gasteiger partial charge in [-0.05, 0) is 24.3 Å². The Kier molecular flexibility index (Phi) is 2.53. The summed E-state index contributed by atoms with van der Waals surface area (Å²) in [5, 5.41) is 0. The molecule has 4 nitrogen and oxygen atoms in total. The lowest BCUT2D eigenvalue weighted by molar-refractivity contribution is 0.533. The van der Waals surface area contributed by atoms with Crippen LogP contribution in [0.1, 0.15) is 5.89 Å². The van der Waals surface area contributed by atoms with Crippen molar-refractivity contribution in [1.29, 1.82) is 0 Å². The summed E-state index contributed by atoms with van der Waals surface area (Å²) in [6.07, 6.45) is 0. The number of oxazole rings is 1. The first-order valence-corrected chi connectivity index (χ1v) is 5.49. The number of rotatable bonds is 2. The maximum absolute atomic E-state index is 13.1. The van der Waals surface area contributed by atoms with Crippen molar-refractivity contribution in [3.8, 4) is 11.3 Å². The standard InChI is InChI=1S/C13H10FN3O/c14-9-3-1-2-8(6-9)10-4-5-11-13(16-10)17-12(7-15)18-11/h1-6H,7,15H2. The molecule has 0 aliphatic rings. The van der Waals surface area contributed by atoms with Gasteiger partial charge in [-0.1, -0.05) is 12.1 Å². The number of benzene rings is 1. The minimum Gasteiger partial charge on any atom is -0.438 e. The number of nitrogens with zero attached hydrogens (tertiary/aromatic N) is 2. The van der Waals surface area contributed by atoms with Gasteiger partial charge in [0.1, 0.15) is 5.82 Å². The van der Waals surface area contributed by atoms with Crippen LogP contribution in [0.4, 0.5) is 4.39 Å². The maximum Gasteiger partial charge on any atom is 0.210 e. The number of pyridine rings is 1. The molecule has 2 heterocycles. The molecule has 0 saturated carbocycles. The average molecular weight is 243 g/mol. The van der Waals surface area contributed by atoms with Crippen molar-refractivity contribution < 1.29 is 8.81 Å². The molecule has 0 fully saturated rings. The quantitative estimate of drug-likeness (QED) is 0.751. The molecule has 0 atom stereocenters. The van der Waals surface area contributed by atoms with Crippen molar-refractivity contribution in [3.05, 3.63) is 48.1 Å². The van der Waals surface area contributed by atoms with Crippen molar-refractivity contribution in [1.82, 2.24) is 9.97 Å². The molecule has 0 bridgehead atoms. The summed E-state index contributed by atoms with van der Waals surface area (Å²) < 4.78 is 18.5. The Morgan fingerprint density at radius 1 is 1.17 bits per heavy atom. The summed E-state index contributed by atoms with van der Waals surface area (Å²) in [4.78, 5) is 8.47. The fraction of sp³-hybridized carbons (Fsp3) is 0.0769. The van der Waals surface area contributed by atoms with Crippen LogP contribution in [0, 0.1) is 5.82 Å². The normalized spacial score (nSPS) is 11.0. The van der Waals surface area contributed by atoms with Gasteiger partial charge in [0.25, 0.3) is 0 Å². The van der Waals surface area contributed by atoms with E-state index in [1.807, 2.05) is 0 Å². The highest BCUT2D eigenvalue weighted by Crippen LogP contribution is 2.21. The Morgan fingerprint density at radius 2 is 2.06 bits per heavy atom. The van der Waals surface area contributed by atoms with Crippen molar-refractivity contribution >= 4 is 11.2 Å². The molecular weight excluding hydrogens is 233 g/mol. The van der Waals surface area contributed by atoms with Gasteiger partial charge in [0, 0.05) is 5.56 Å². The largest absolute Gasteiger partial charge is 0.438 e. The molecule has 0 aliphatic carbocycles. The predicted molar refractivity (Wildman–Crippen MR) is 65.1 cm³/mol. The highest BCUT2D eigenvalue weighted by Gasteiger charge is 2.08. The molecule has 0 radical (unpaired) electrons. The van der Waals surface area contributed by atoms with Crippen molar-refractivity contribution in [3.63, 3.8) is 0 Å². The number of nitrogens with two attached hydrogens (primary N) is 1. The van der Waals surface area contributed by atoms with Gasteiger partial charge < -0.3 is 10.2 Å². The van der Waals surface area contributed by atoms with E-state index in [2.05, 4.69) is 9.97 Å². The van der Waals surface area contributed by atoms with Crippen LogP contribution < -0.4 is 5.73 Å². The fourth-order valence-corrected chi connectivity index (χ4v) is 1.76. The van der Waals surface area contributed by atoms with E-state index in [4.69, 9.17) is 10.2 Å². The van der Waals surface area contributed by atoms with E-state index < -0.39 is 0 Å². The van der Waals surface area contributed by atoms with E-state index in [0.717, 1.165) is 0 Å². The van der Waals surface area contributed by atoms with Crippen LogP contribution in [-0.2, 0) is 6.54 Å². The first kappa shape index (κ1) is 10.9. The lowest BCUT2D eigenvalue weighted by Crippen LogP contribution is -1.95. The third kappa shape index (κ3) is 1.84. The van der Waals surface area contributed by atoms with Gasteiger partial charge in [-0.25, -0.2) is 9.37 Å². The first-order valence-electron chi connectivity index (χ1n) is 5.49. The van der Waals surface area contributed by atoms with Crippen LogP contribution >= 0.6 is 0 Å². The molecule has 1 aromatic carbocycles. The van der Waals surface area contributed by atoms with Gasteiger partial charge >= 0.3 is 0 Å². The minimum atomic E-state index is -0.294. The smallest absolute Gasteiger partial charge is 0.210 e. The lowest BCUT2D eigenvalue weighted by Gasteiger charge is -1.99. The predicted octanol–water partition coefficient (Wildman–Crippen LogP) is 2.49. The monoisotopic (exact) mass is 243 g/mol. The van der Waals surface area contributed by atoms with Crippen LogP contribution in [-0.4, -0.2) is 9.97 Å². The van der Waals surface area contributed by atoms with E-state index in [-0.39, 0.29) is 12.4 Å². The molecule has 3 rings (SSSR count). The van der Waals surface area contributed by atoms with E-state index in [1.165, 1.54) is 12.1 Å². The molecule has 0 unspecified atom stereocenters. The summed E-state index contributed by atoms with van der Waals surface area (Å²) in [7, 11) is 0. The summed E-state index contributed by atoms with van der Waals surface area (Å²) in [5.74, 6) is 0.145. The van der Waals surface area contributed by atoms with E-state index in [9.17, 15) is 4.39 Å². The van der Waals surface area contributed by atoms with Gasteiger partial charge in [0.2, 0.25) is 5.89 Å². The molecule has 0 saturated heterocycles. The molecule has 18 heavy (non-hydrogen) atoms.